The van der Waals surface area contributed by atoms with E-state index in [2.05, 4.69) is 39.8 Å². The van der Waals surface area contributed by atoms with Crippen molar-refractivity contribution in [3.63, 3.8) is 0 Å². The topological polar surface area (TPSA) is 61.4 Å². The Bertz CT molecular complexity index is 865. The lowest BCUT2D eigenvalue weighted by atomic mass is 10.0. The van der Waals surface area contributed by atoms with Crippen molar-refractivity contribution in [2.75, 3.05) is 29.5 Å². The number of carbonyl (C=O) groups excluding carboxylic acids is 2. The van der Waals surface area contributed by atoms with E-state index in [9.17, 15) is 9.59 Å². The van der Waals surface area contributed by atoms with E-state index in [1.807, 2.05) is 25.6 Å². The van der Waals surface area contributed by atoms with E-state index in [-0.39, 0.29) is 17.7 Å². The summed E-state index contributed by atoms with van der Waals surface area (Å²) >= 11 is 7.89. The molecule has 0 saturated carbocycles. The molecule has 31 heavy (non-hydrogen) atoms. The quantitative estimate of drug-likeness (QED) is 0.616. The largest absolute Gasteiger partial charge is 0.370 e. The summed E-state index contributed by atoms with van der Waals surface area (Å²) < 4.78 is 0. The van der Waals surface area contributed by atoms with Gasteiger partial charge in [-0.25, -0.2) is 0 Å². The van der Waals surface area contributed by atoms with Crippen LogP contribution in [0.25, 0.3) is 0 Å². The number of carbonyl (C=O) groups is 2. The summed E-state index contributed by atoms with van der Waals surface area (Å²) in [6.45, 7) is 6.65. The summed E-state index contributed by atoms with van der Waals surface area (Å²) in [6, 6.07) is 14.4. The fourth-order valence-corrected chi connectivity index (χ4v) is 4.53. The van der Waals surface area contributed by atoms with Crippen LogP contribution < -0.4 is 15.5 Å². The number of nitrogens with zero attached hydrogens (tertiary/aromatic N) is 1. The highest BCUT2D eigenvalue weighted by Gasteiger charge is 2.22. The Hall–Kier alpha value is -2.18. The van der Waals surface area contributed by atoms with E-state index >= 15 is 0 Å². The Morgan fingerprint density at radius 1 is 1.03 bits per heavy atom. The lowest BCUT2D eigenvalue weighted by Crippen LogP contribution is -2.47. The Labute approximate surface area is 193 Å². The van der Waals surface area contributed by atoms with Crippen LogP contribution in [0.15, 0.2) is 48.5 Å². The lowest BCUT2D eigenvalue weighted by molar-refractivity contribution is -0.123. The number of benzene rings is 2. The SMILES string of the molecule is CC(C)CC(NC(=O)c1ccc(Cl)cc1)C(=O)NCc1ccc(N2CCSCC2)cc1. The van der Waals surface area contributed by atoms with Gasteiger partial charge in [-0.2, -0.15) is 11.8 Å². The zero-order valence-corrected chi connectivity index (χ0v) is 19.6. The van der Waals surface area contributed by atoms with Gasteiger partial charge in [-0.1, -0.05) is 37.6 Å². The number of hydrogen-bond donors (Lipinski definition) is 2. The molecule has 2 aromatic carbocycles. The van der Waals surface area contributed by atoms with Gasteiger partial charge in [0.1, 0.15) is 6.04 Å². The smallest absolute Gasteiger partial charge is 0.251 e. The van der Waals surface area contributed by atoms with E-state index in [1.54, 1.807) is 24.3 Å². The third-order valence-electron chi connectivity index (χ3n) is 5.21. The van der Waals surface area contributed by atoms with E-state index in [0.717, 1.165) is 30.2 Å². The minimum atomic E-state index is -0.590. The summed E-state index contributed by atoms with van der Waals surface area (Å²) in [5.74, 6) is 2.14. The maximum absolute atomic E-state index is 12.8. The predicted molar refractivity (Wildman–Crippen MR) is 130 cm³/mol. The number of nitrogens with one attached hydrogen (secondary N) is 2. The second-order valence-corrected chi connectivity index (χ2v) is 9.81. The van der Waals surface area contributed by atoms with E-state index in [4.69, 9.17) is 11.6 Å². The molecule has 1 aliphatic rings. The van der Waals surface area contributed by atoms with Crippen molar-refractivity contribution in [1.82, 2.24) is 10.6 Å². The second-order valence-electron chi connectivity index (χ2n) is 8.15. The molecule has 0 aliphatic carbocycles. The normalized spacial score (nSPS) is 14.9. The average molecular weight is 460 g/mol. The summed E-state index contributed by atoms with van der Waals surface area (Å²) in [5, 5.41) is 6.42. The first-order valence-electron chi connectivity index (χ1n) is 10.7. The van der Waals surface area contributed by atoms with Gasteiger partial charge in [-0.05, 0) is 54.3 Å². The molecule has 0 spiro atoms. The maximum Gasteiger partial charge on any atom is 0.251 e. The van der Waals surface area contributed by atoms with Crippen LogP contribution in [0.3, 0.4) is 0 Å². The molecule has 1 saturated heterocycles. The van der Waals surface area contributed by atoms with Gasteiger partial charge in [0.15, 0.2) is 0 Å². The highest BCUT2D eigenvalue weighted by molar-refractivity contribution is 7.99. The standard InChI is InChI=1S/C24H30ClN3O2S/c1-17(2)15-22(27-23(29)19-5-7-20(25)8-6-19)24(30)26-16-18-3-9-21(10-4-18)28-11-13-31-14-12-28/h3-10,17,22H,11-16H2,1-2H3,(H,26,30)(H,27,29). The highest BCUT2D eigenvalue weighted by Crippen LogP contribution is 2.20. The molecule has 0 radical (unpaired) electrons. The van der Waals surface area contributed by atoms with Crippen molar-refractivity contribution in [3.8, 4) is 0 Å². The Morgan fingerprint density at radius 2 is 1.68 bits per heavy atom. The van der Waals surface area contributed by atoms with Crippen LogP contribution in [0, 0.1) is 5.92 Å². The number of anilines is 1. The minimum absolute atomic E-state index is 0.173. The van der Waals surface area contributed by atoms with Crippen LogP contribution in [0.5, 0.6) is 0 Å². The molecule has 1 heterocycles. The molecule has 166 valence electrons. The molecule has 7 heteroatoms. The van der Waals surface area contributed by atoms with Crippen LogP contribution in [0.4, 0.5) is 5.69 Å². The lowest BCUT2D eigenvalue weighted by Gasteiger charge is -2.28. The molecule has 3 rings (SSSR count). The first-order chi connectivity index (χ1) is 14.9. The van der Waals surface area contributed by atoms with Crippen LogP contribution in [0.2, 0.25) is 5.02 Å². The third-order valence-corrected chi connectivity index (χ3v) is 6.41. The first kappa shape index (κ1) is 23.5. The van der Waals surface area contributed by atoms with Crippen molar-refractivity contribution in [2.24, 2.45) is 5.92 Å². The molecule has 1 unspecified atom stereocenters. The van der Waals surface area contributed by atoms with Gasteiger partial charge in [0, 0.05) is 47.4 Å². The molecule has 0 bridgehead atoms. The number of rotatable bonds is 8. The van der Waals surface area contributed by atoms with Crippen molar-refractivity contribution in [2.45, 2.75) is 32.9 Å². The number of hydrogen-bond acceptors (Lipinski definition) is 4. The highest BCUT2D eigenvalue weighted by atomic mass is 35.5. The average Bonchev–Trinajstić information content (AvgIpc) is 2.78. The fraction of sp³-hybridized carbons (Fsp3) is 0.417. The van der Waals surface area contributed by atoms with Gasteiger partial charge in [-0.15, -0.1) is 0 Å². The molecular weight excluding hydrogens is 430 g/mol. The van der Waals surface area contributed by atoms with Crippen LogP contribution >= 0.6 is 23.4 Å². The molecule has 1 aliphatic heterocycles. The van der Waals surface area contributed by atoms with E-state index in [0.29, 0.717) is 23.6 Å². The molecule has 0 aromatic heterocycles. The molecular formula is C24H30ClN3O2S. The summed E-state index contributed by atoms with van der Waals surface area (Å²) in [7, 11) is 0. The van der Waals surface area contributed by atoms with Gasteiger partial charge in [0.05, 0.1) is 0 Å². The molecule has 2 N–H and O–H groups in total. The fourth-order valence-electron chi connectivity index (χ4n) is 3.50. The zero-order chi connectivity index (χ0) is 22.2. The number of amides is 2. The van der Waals surface area contributed by atoms with Gasteiger partial charge >= 0.3 is 0 Å². The molecule has 1 fully saturated rings. The number of thioether (sulfide) groups is 1. The van der Waals surface area contributed by atoms with Gasteiger partial charge in [0.2, 0.25) is 5.91 Å². The minimum Gasteiger partial charge on any atom is -0.370 e. The van der Waals surface area contributed by atoms with Crippen molar-refractivity contribution in [1.29, 1.82) is 0 Å². The Kier molecular flexibility index (Phi) is 8.67. The van der Waals surface area contributed by atoms with Crippen LogP contribution in [0.1, 0.15) is 36.2 Å². The summed E-state index contributed by atoms with van der Waals surface area (Å²) in [6.07, 6.45) is 0.567. The van der Waals surface area contributed by atoms with Crippen molar-refractivity contribution in [3.05, 3.63) is 64.7 Å². The van der Waals surface area contributed by atoms with E-state index < -0.39 is 6.04 Å². The van der Waals surface area contributed by atoms with Crippen LogP contribution in [-0.4, -0.2) is 42.5 Å². The summed E-state index contributed by atoms with van der Waals surface area (Å²) in [5.41, 5.74) is 2.75. The van der Waals surface area contributed by atoms with Gasteiger partial charge in [-0.3, -0.25) is 9.59 Å². The van der Waals surface area contributed by atoms with Crippen molar-refractivity contribution < 1.29 is 9.59 Å². The van der Waals surface area contributed by atoms with Crippen molar-refractivity contribution >= 4 is 40.9 Å². The molecule has 2 aromatic rings. The number of halogens is 1. The first-order valence-corrected chi connectivity index (χ1v) is 12.2. The molecule has 1 atom stereocenters. The maximum atomic E-state index is 12.8. The monoisotopic (exact) mass is 459 g/mol. The zero-order valence-electron chi connectivity index (χ0n) is 18.1. The predicted octanol–water partition coefficient (Wildman–Crippen LogP) is 4.35. The molecule has 2 amide bonds. The second kappa shape index (κ2) is 11.4. The van der Waals surface area contributed by atoms with E-state index in [1.165, 1.54) is 5.69 Å². The van der Waals surface area contributed by atoms with Gasteiger partial charge in [0.25, 0.3) is 5.91 Å². The Morgan fingerprint density at radius 3 is 2.29 bits per heavy atom. The van der Waals surface area contributed by atoms with Crippen LogP contribution in [-0.2, 0) is 11.3 Å². The Balaban J connectivity index is 1.57. The summed E-state index contributed by atoms with van der Waals surface area (Å²) in [4.78, 5) is 27.8. The van der Waals surface area contributed by atoms with Gasteiger partial charge < -0.3 is 15.5 Å². The third kappa shape index (κ3) is 7.18. The molecule has 5 nitrogen and oxygen atoms in total.